The molecule has 7 heteroatoms. The van der Waals surface area contributed by atoms with E-state index < -0.39 is 5.97 Å². The van der Waals surface area contributed by atoms with Gasteiger partial charge in [-0.05, 0) is 25.3 Å². The Kier molecular flexibility index (Phi) is 8.20. The number of ether oxygens (including phenoxy) is 2. The summed E-state index contributed by atoms with van der Waals surface area (Å²) in [4.78, 5) is 25.5. The van der Waals surface area contributed by atoms with Crippen LogP contribution in [0.5, 0.6) is 5.75 Å². The van der Waals surface area contributed by atoms with Gasteiger partial charge < -0.3 is 14.0 Å². The molecule has 0 spiro atoms. The zero-order chi connectivity index (χ0) is 20.8. The van der Waals surface area contributed by atoms with Crippen molar-refractivity contribution >= 4 is 29.2 Å². The van der Waals surface area contributed by atoms with Gasteiger partial charge in [-0.15, -0.1) is 0 Å². The van der Waals surface area contributed by atoms with Gasteiger partial charge >= 0.3 is 5.97 Å². The maximum absolute atomic E-state index is 12.8. The molecule has 0 fully saturated rings. The number of esters is 1. The van der Waals surface area contributed by atoms with Crippen molar-refractivity contribution in [2.45, 2.75) is 53.5 Å². The van der Waals surface area contributed by atoms with E-state index in [-0.39, 0.29) is 33.7 Å². The molecule has 0 aromatic carbocycles. The highest BCUT2D eigenvalue weighted by atomic mass is 35.5. The number of hydrogen-bond acceptors (Lipinski definition) is 4. The van der Waals surface area contributed by atoms with E-state index in [0.29, 0.717) is 30.0 Å². The van der Waals surface area contributed by atoms with Crippen LogP contribution in [0.4, 0.5) is 0 Å². The standard InChI is InChI=1S/C21H27Cl2NO4/c1-5-7-8-9-28-20-14-10-16(22)17(23)19(25)15(14)12-24(11-13(3)4)18(20)21(26)27-6-2/h10,12-13H,5-9,11H2,1-4H3. The third-order valence-electron chi connectivity index (χ3n) is 4.27. The Labute approximate surface area is 175 Å². The number of hydrogen-bond donors (Lipinski definition) is 0. The second-order valence-electron chi connectivity index (χ2n) is 7.09. The van der Waals surface area contributed by atoms with Gasteiger partial charge in [-0.3, -0.25) is 4.79 Å². The summed E-state index contributed by atoms with van der Waals surface area (Å²) < 4.78 is 13.0. The fraction of sp³-hybridized carbons (Fsp3) is 0.524. The molecule has 5 nitrogen and oxygen atoms in total. The maximum atomic E-state index is 12.8. The predicted octanol–water partition coefficient (Wildman–Crippen LogP) is 5.66. The smallest absolute Gasteiger partial charge is 0.358 e. The number of unbranched alkanes of at least 4 members (excludes halogenated alkanes) is 2. The molecule has 0 aromatic heterocycles. The van der Waals surface area contributed by atoms with Gasteiger partial charge in [0, 0.05) is 18.3 Å². The van der Waals surface area contributed by atoms with Crippen molar-refractivity contribution in [2.75, 3.05) is 13.2 Å². The minimum Gasteiger partial charge on any atom is -0.490 e. The molecule has 1 aliphatic carbocycles. The molecule has 0 unspecified atom stereocenters. The molecule has 0 saturated carbocycles. The number of carbonyl (C=O) groups is 1. The quantitative estimate of drug-likeness (QED) is 0.382. The van der Waals surface area contributed by atoms with E-state index in [1.807, 2.05) is 13.8 Å². The van der Waals surface area contributed by atoms with Crippen LogP contribution in [0, 0.1) is 5.92 Å². The summed E-state index contributed by atoms with van der Waals surface area (Å²) in [6.07, 6.45) is 4.53. The van der Waals surface area contributed by atoms with Gasteiger partial charge in [-0.2, -0.15) is 0 Å². The molecule has 28 heavy (non-hydrogen) atoms. The monoisotopic (exact) mass is 427 g/mol. The van der Waals surface area contributed by atoms with E-state index in [0.717, 1.165) is 19.3 Å². The van der Waals surface area contributed by atoms with Gasteiger partial charge in [0.25, 0.3) is 0 Å². The largest absolute Gasteiger partial charge is 0.490 e. The van der Waals surface area contributed by atoms with Crippen molar-refractivity contribution in [3.8, 4) is 16.9 Å². The number of benzene rings is 1. The van der Waals surface area contributed by atoms with E-state index in [1.165, 1.54) is 0 Å². The molecular formula is C21H27Cl2NO4. The Bertz CT molecular complexity index is 861. The van der Waals surface area contributed by atoms with Gasteiger partial charge in [0.15, 0.2) is 11.4 Å². The highest BCUT2D eigenvalue weighted by Crippen LogP contribution is 2.38. The molecule has 0 N–H and O–H groups in total. The topological polar surface area (TPSA) is 57.5 Å². The van der Waals surface area contributed by atoms with Crippen LogP contribution in [-0.2, 0) is 11.3 Å². The predicted molar refractivity (Wildman–Crippen MR) is 113 cm³/mol. The van der Waals surface area contributed by atoms with E-state index >= 15 is 0 Å². The number of aromatic nitrogens is 1. The zero-order valence-corrected chi connectivity index (χ0v) is 18.3. The summed E-state index contributed by atoms with van der Waals surface area (Å²) in [7, 11) is 0. The molecular weight excluding hydrogens is 401 g/mol. The molecule has 0 amide bonds. The van der Waals surface area contributed by atoms with Crippen LogP contribution in [0.3, 0.4) is 0 Å². The first-order valence-corrected chi connectivity index (χ1v) is 10.4. The van der Waals surface area contributed by atoms with Crippen LogP contribution in [0.15, 0.2) is 17.1 Å². The highest BCUT2D eigenvalue weighted by Gasteiger charge is 2.28. The summed E-state index contributed by atoms with van der Waals surface area (Å²) in [5, 5.41) is 0.0973. The summed E-state index contributed by atoms with van der Waals surface area (Å²) in [5.41, 5.74) is 0.750. The number of carbonyl (C=O) groups excluding carboxylic acids is 1. The Morgan fingerprint density at radius 3 is 2.50 bits per heavy atom. The van der Waals surface area contributed by atoms with Crippen molar-refractivity contribution in [1.29, 1.82) is 0 Å². The summed E-state index contributed by atoms with van der Waals surface area (Å²) in [6.45, 7) is 9.10. The molecule has 2 aliphatic rings. The van der Waals surface area contributed by atoms with Crippen molar-refractivity contribution in [3.63, 3.8) is 0 Å². The fourth-order valence-corrected chi connectivity index (χ4v) is 3.38. The van der Waals surface area contributed by atoms with Crippen LogP contribution in [0.1, 0.15) is 57.4 Å². The van der Waals surface area contributed by atoms with Gasteiger partial charge in [0.1, 0.15) is 5.02 Å². The van der Waals surface area contributed by atoms with Crippen molar-refractivity contribution < 1.29 is 14.3 Å². The molecule has 154 valence electrons. The fourth-order valence-electron chi connectivity index (χ4n) is 3.03. The van der Waals surface area contributed by atoms with E-state index in [2.05, 4.69) is 6.92 Å². The first-order valence-electron chi connectivity index (χ1n) is 9.66. The lowest BCUT2D eigenvalue weighted by Crippen LogP contribution is -2.22. The highest BCUT2D eigenvalue weighted by molar-refractivity contribution is 6.42. The second kappa shape index (κ2) is 10.2. The molecule has 2 rings (SSSR count). The Balaban J connectivity index is 2.76. The Morgan fingerprint density at radius 2 is 1.89 bits per heavy atom. The molecule has 0 bridgehead atoms. The van der Waals surface area contributed by atoms with Gasteiger partial charge in [0.2, 0.25) is 5.43 Å². The number of fused-ring (bicyclic) bond motifs is 1. The van der Waals surface area contributed by atoms with Crippen LogP contribution >= 0.6 is 23.2 Å². The van der Waals surface area contributed by atoms with E-state index in [9.17, 15) is 9.59 Å². The average Bonchev–Trinajstić information content (AvgIpc) is 2.63. The van der Waals surface area contributed by atoms with Crippen molar-refractivity contribution in [1.82, 2.24) is 4.57 Å². The summed E-state index contributed by atoms with van der Waals surface area (Å²) in [6, 6.07) is 1.58. The third kappa shape index (κ3) is 5.00. The molecule has 0 atom stereocenters. The van der Waals surface area contributed by atoms with Crippen molar-refractivity contribution in [3.05, 3.63) is 38.2 Å². The van der Waals surface area contributed by atoms with Crippen LogP contribution in [0.25, 0.3) is 11.1 Å². The minimum atomic E-state index is -0.492. The summed E-state index contributed by atoms with van der Waals surface area (Å²) in [5.74, 6) is 0.0684. The van der Waals surface area contributed by atoms with E-state index in [4.69, 9.17) is 32.7 Å². The number of nitrogens with zero attached hydrogens (tertiary/aromatic N) is 1. The molecule has 0 radical (unpaired) electrons. The first kappa shape index (κ1) is 22.6. The molecule has 1 aliphatic heterocycles. The van der Waals surface area contributed by atoms with Gasteiger partial charge in [-0.25, -0.2) is 4.79 Å². The number of pyridine rings is 1. The van der Waals surface area contributed by atoms with Gasteiger partial charge in [-0.1, -0.05) is 56.8 Å². The first-order chi connectivity index (χ1) is 13.3. The Hall–Kier alpha value is -1.72. The van der Waals surface area contributed by atoms with Crippen LogP contribution < -0.4 is 10.2 Å². The molecule has 0 aromatic rings. The molecule has 0 saturated heterocycles. The number of rotatable bonds is 9. The molecule has 1 heterocycles. The van der Waals surface area contributed by atoms with Gasteiger partial charge in [0.05, 0.1) is 23.8 Å². The van der Waals surface area contributed by atoms with Crippen LogP contribution in [0.2, 0.25) is 10.0 Å². The Morgan fingerprint density at radius 1 is 1.18 bits per heavy atom. The summed E-state index contributed by atoms with van der Waals surface area (Å²) >= 11 is 12.2. The lowest BCUT2D eigenvalue weighted by Gasteiger charge is -2.23. The number of halogens is 2. The zero-order valence-electron chi connectivity index (χ0n) is 16.8. The second-order valence-corrected chi connectivity index (χ2v) is 7.88. The van der Waals surface area contributed by atoms with E-state index in [1.54, 1.807) is 23.8 Å². The SMILES string of the molecule is CCCCCOc1c2cc(Cl)c(Cl)c(=O)c-2cn(CC(C)C)c1C(=O)OCC. The maximum Gasteiger partial charge on any atom is 0.358 e. The minimum absolute atomic E-state index is 0.0360. The van der Waals surface area contributed by atoms with Crippen molar-refractivity contribution in [2.24, 2.45) is 5.92 Å². The average molecular weight is 428 g/mol. The van der Waals surface area contributed by atoms with Crippen LogP contribution in [-0.4, -0.2) is 23.8 Å². The lowest BCUT2D eigenvalue weighted by molar-refractivity contribution is 0.0506. The third-order valence-corrected chi connectivity index (χ3v) is 5.04. The normalized spacial score (nSPS) is 11.2. The lowest BCUT2D eigenvalue weighted by atomic mass is 10.0.